The standard InChI is InChI=1S/C10H13NO4S/c1-4-14-10(13)9-6(2)11-8(16-9)5-15-7(3)12/h4-5H2,1-3H3. The minimum atomic E-state index is -0.383. The van der Waals surface area contributed by atoms with Gasteiger partial charge in [0.1, 0.15) is 16.5 Å². The van der Waals surface area contributed by atoms with E-state index in [1.807, 2.05) is 0 Å². The Labute approximate surface area is 97.4 Å². The molecule has 1 aromatic heterocycles. The van der Waals surface area contributed by atoms with E-state index in [4.69, 9.17) is 9.47 Å². The van der Waals surface area contributed by atoms with Crippen molar-refractivity contribution in [2.75, 3.05) is 6.61 Å². The second-order valence-electron chi connectivity index (χ2n) is 3.02. The van der Waals surface area contributed by atoms with Crippen LogP contribution in [-0.4, -0.2) is 23.5 Å². The summed E-state index contributed by atoms with van der Waals surface area (Å²) in [4.78, 5) is 26.7. The summed E-state index contributed by atoms with van der Waals surface area (Å²) in [6, 6.07) is 0. The molecule has 0 aliphatic rings. The third-order valence-corrected chi connectivity index (χ3v) is 2.81. The minimum Gasteiger partial charge on any atom is -0.462 e. The number of esters is 2. The third kappa shape index (κ3) is 3.30. The van der Waals surface area contributed by atoms with Crippen LogP contribution < -0.4 is 0 Å². The first-order valence-corrected chi connectivity index (χ1v) is 5.63. The lowest BCUT2D eigenvalue weighted by atomic mass is 10.4. The fraction of sp³-hybridized carbons (Fsp3) is 0.500. The number of aryl methyl sites for hydroxylation is 1. The van der Waals surface area contributed by atoms with Crippen molar-refractivity contribution in [2.45, 2.75) is 27.4 Å². The number of aromatic nitrogens is 1. The van der Waals surface area contributed by atoms with Crippen molar-refractivity contribution >= 4 is 23.3 Å². The molecular formula is C10H13NO4S. The third-order valence-electron chi connectivity index (χ3n) is 1.70. The molecule has 6 heteroatoms. The zero-order valence-electron chi connectivity index (χ0n) is 9.40. The van der Waals surface area contributed by atoms with E-state index in [0.29, 0.717) is 22.2 Å². The Balaban J connectivity index is 2.73. The van der Waals surface area contributed by atoms with E-state index in [1.165, 1.54) is 18.3 Å². The molecule has 5 nitrogen and oxygen atoms in total. The molecule has 0 radical (unpaired) electrons. The molecule has 0 spiro atoms. The predicted molar refractivity (Wildman–Crippen MR) is 58.3 cm³/mol. The number of rotatable bonds is 4. The molecule has 0 fully saturated rings. The van der Waals surface area contributed by atoms with Gasteiger partial charge in [-0.05, 0) is 13.8 Å². The molecule has 0 N–H and O–H groups in total. The summed E-state index contributed by atoms with van der Waals surface area (Å²) in [5.74, 6) is -0.753. The fourth-order valence-electron chi connectivity index (χ4n) is 1.06. The van der Waals surface area contributed by atoms with Crippen LogP contribution in [0.25, 0.3) is 0 Å². The van der Waals surface area contributed by atoms with Crippen molar-refractivity contribution < 1.29 is 19.1 Å². The maximum absolute atomic E-state index is 11.5. The highest BCUT2D eigenvalue weighted by atomic mass is 32.1. The van der Waals surface area contributed by atoms with Gasteiger partial charge < -0.3 is 9.47 Å². The molecule has 16 heavy (non-hydrogen) atoms. The smallest absolute Gasteiger partial charge is 0.350 e. The Bertz CT molecular complexity index is 400. The number of nitrogens with zero attached hydrogens (tertiary/aromatic N) is 1. The van der Waals surface area contributed by atoms with Gasteiger partial charge in [-0.2, -0.15) is 0 Å². The van der Waals surface area contributed by atoms with Gasteiger partial charge in [0.2, 0.25) is 0 Å². The van der Waals surface area contributed by atoms with Gasteiger partial charge >= 0.3 is 11.9 Å². The van der Waals surface area contributed by atoms with Crippen molar-refractivity contribution in [3.63, 3.8) is 0 Å². The molecule has 1 rings (SSSR count). The topological polar surface area (TPSA) is 65.5 Å². The van der Waals surface area contributed by atoms with Crippen LogP contribution in [0.5, 0.6) is 0 Å². The highest BCUT2D eigenvalue weighted by Gasteiger charge is 2.16. The average Bonchev–Trinajstić information content (AvgIpc) is 2.57. The molecule has 0 unspecified atom stereocenters. The molecule has 0 amide bonds. The van der Waals surface area contributed by atoms with Gasteiger partial charge in [0, 0.05) is 6.92 Å². The molecule has 1 aromatic rings. The van der Waals surface area contributed by atoms with Crippen LogP contribution in [0.15, 0.2) is 0 Å². The largest absolute Gasteiger partial charge is 0.462 e. The highest BCUT2D eigenvalue weighted by molar-refractivity contribution is 7.13. The Morgan fingerprint density at radius 2 is 2.06 bits per heavy atom. The van der Waals surface area contributed by atoms with E-state index >= 15 is 0 Å². The van der Waals surface area contributed by atoms with E-state index in [0.717, 1.165) is 0 Å². The maximum Gasteiger partial charge on any atom is 0.350 e. The molecule has 0 bridgehead atoms. The predicted octanol–water partition coefficient (Wildman–Crippen LogP) is 1.69. The Hall–Kier alpha value is -1.43. The molecule has 0 saturated heterocycles. The zero-order valence-corrected chi connectivity index (χ0v) is 10.2. The molecule has 0 saturated carbocycles. The van der Waals surface area contributed by atoms with Crippen molar-refractivity contribution in [3.05, 3.63) is 15.6 Å². The SMILES string of the molecule is CCOC(=O)c1sc(COC(C)=O)nc1C. The van der Waals surface area contributed by atoms with Crippen LogP contribution in [-0.2, 0) is 20.9 Å². The first-order chi connectivity index (χ1) is 7.54. The van der Waals surface area contributed by atoms with E-state index in [2.05, 4.69) is 4.98 Å². The van der Waals surface area contributed by atoms with Gasteiger partial charge in [0.15, 0.2) is 0 Å². The Morgan fingerprint density at radius 1 is 1.38 bits per heavy atom. The molecule has 1 heterocycles. The molecule has 0 atom stereocenters. The molecule has 88 valence electrons. The summed E-state index contributed by atoms with van der Waals surface area (Å²) in [6.45, 7) is 5.22. The molecule has 0 aromatic carbocycles. The fourth-order valence-corrected chi connectivity index (χ4v) is 1.94. The number of ether oxygens (including phenoxy) is 2. The second-order valence-corrected chi connectivity index (χ2v) is 4.11. The summed E-state index contributed by atoms with van der Waals surface area (Å²) < 4.78 is 9.66. The first kappa shape index (κ1) is 12.6. The van der Waals surface area contributed by atoms with Crippen LogP contribution in [0.3, 0.4) is 0 Å². The van der Waals surface area contributed by atoms with Gasteiger partial charge in [0.05, 0.1) is 12.3 Å². The van der Waals surface area contributed by atoms with Crippen LogP contribution in [0, 0.1) is 6.92 Å². The molecule has 0 aliphatic heterocycles. The Morgan fingerprint density at radius 3 is 2.62 bits per heavy atom. The van der Waals surface area contributed by atoms with Gasteiger partial charge in [-0.1, -0.05) is 0 Å². The number of hydrogen-bond donors (Lipinski definition) is 0. The van der Waals surface area contributed by atoms with Crippen LogP contribution >= 0.6 is 11.3 Å². The normalized spacial score (nSPS) is 9.94. The second kappa shape index (κ2) is 5.60. The lowest BCUT2D eigenvalue weighted by Gasteiger charge is -1.97. The summed E-state index contributed by atoms with van der Waals surface area (Å²) in [6.07, 6.45) is 0. The number of hydrogen-bond acceptors (Lipinski definition) is 6. The van der Waals surface area contributed by atoms with Crippen molar-refractivity contribution in [3.8, 4) is 0 Å². The first-order valence-electron chi connectivity index (χ1n) is 4.81. The quantitative estimate of drug-likeness (QED) is 0.753. The van der Waals surface area contributed by atoms with Crippen LogP contribution in [0.2, 0.25) is 0 Å². The summed E-state index contributed by atoms with van der Waals surface area (Å²) in [5.41, 5.74) is 0.602. The maximum atomic E-state index is 11.5. The van der Waals surface area contributed by atoms with Crippen molar-refractivity contribution in [2.24, 2.45) is 0 Å². The number of carbonyl (C=O) groups is 2. The van der Waals surface area contributed by atoms with E-state index in [-0.39, 0.29) is 18.5 Å². The van der Waals surface area contributed by atoms with E-state index in [9.17, 15) is 9.59 Å². The van der Waals surface area contributed by atoms with Crippen molar-refractivity contribution in [1.29, 1.82) is 0 Å². The highest BCUT2D eigenvalue weighted by Crippen LogP contribution is 2.19. The lowest BCUT2D eigenvalue weighted by Crippen LogP contribution is -2.03. The minimum absolute atomic E-state index is 0.0975. The molecular weight excluding hydrogens is 230 g/mol. The van der Waals surface area contributed by atoms with Gasteiger partial charge in [-0.15, -0.1) is 11.3 Å². The zero-order chi connectivity index (χ0) is 12.1. The van der Waals surface area contributed by atoms with Crippen LogP contribution in [0.1, 0.15) is 34.2 Å². The van der Waals surface area contributed by atoms with Crippen molar-refractivity contribution in [1.82, 2.24) is 4.98 Å². The summed E-state index contributed by atoms with van der Waals surface area (Å²) in [7, 11) is 0. The van der Waals surface area contributed by atoms with Gasteiger partial charge in [0.25, 0.3) is 0 Å². The number of thiazole rings is 1. The monoisotopic (exact) mass is 243 g/mol. The van der Waals surface area contributed by atoms with E-state index in [1.54, 1.807) is 13.8 Å². The average molecular weight is 243 g/mol. The van der Waals surface area contributed by atoms with E-state index < -0.39 is 0 Å². The lowest BCUT2D eigenvalue weighted by molar-refractivity contribution is -0.142. The van der Waals surface area contributed by atoms with Crippen LogP contribution in [0.4, 0.5) is 0 Å². The Kier molecular flexibility index (Phi) is 4.42. The number of carbonyl (C=O) groups excluding carboxylic acids is 2. The summed E-state index contributed by atoms with van der Waals surface area (Å²) >= 11 is 1.19. The molecule has 0 aliphatic carbocycles. The summed E-state index contributed by atoms with van der Waals surface area (Å²) in [5, 5.41) is 0.593. The van der Waals surface area contributed by atoms with Gasteiger partial charge in [-0.3, -0.25) is 4.79 Å². The van der Waals surface area contributed by atoms with Gasteiger partial charge in [-0.25, -0.2) is 9.78 Å².